The first-order chi connectivity index (χ1) is 6.82. The molecule has 4 nitrogen and oxygen atoms in total. The first-order valence-electron chi connectivity index (χ1n) is 4.54. The summed E-state index contributed by atoms with van der Waals surface area (Å²) in [5.74, 6) is 0. The number of halogens is 3. The van der Waals surface area contributed by atoms with Crippen LogP contribution in [0.1, 0.15) is 13.8 Å². The van der Waals surface area contributed by atoms with E-state index >= 15 is 0 Å². The zero-order valence-electron chi connectivity index (χ0n) is 9.40. The van der Waals surface area contributed by atoms with Gasteiger partial charge in [-0.25, -0.2) is 10.1 Å². The molecule has 0 spiro atoms. The number of carbonyl (C=O) groups is 1. The third kappa shape index (κ3) is 10.9. The molecular weight excluding hydrogens is 211 g/mol. The largest absolute Gasteiger partial charge is 0.485 e. The van der Waals surface area contributed by atoms with Crippen LogP contribution in [0.5, 0.6) is 0 Å². The van der Waals surface area contributed by atoms with Gasteiger partial charge in [0, 0.05) is 13.1 Å². The Kier molecular flexibility index (Phi) is 9.14. The highest BCUT2D eigenvalue weighted by Gasteiger charge is 2.31. The van der Waals surface area contributed by atoms with E-state index < -0.39 is 12.3 Å². The molecule has 0 radical (unpaired) electrons. The monoisotopic (exact) mass is 229 g/mol. The standard InChI is InChI=1S/C6H11F3N2O.C2H7N/c1-3-11(4-2)5(12)10-6(7,8)9;1-3-2/h3-4H2,1-2H3,(H,10,12);3H,1-2H3. The lowest BCUT2D eigenvalue weighted by molar-refractivity contribution is -0.147. The normalized spacial score (nSPS) is 10.1. The van der Waals surface area contributed by atoms with Crippen LogP contribution in [-0.4, -0.2) is 44.4 Å². The second-order valence-corrected chi connectivity index (χ2v) is 2.60. The van der Waals surface area contributed by atoms with Crippen molar-refractivity contribution in [1.82, 2.24) is 15.5 Å². The molecule has 0 saturated carbocycles. The number of urea groups is 1. The van der Waals surface area contributed by atoms with Gasteiger partial charge in [-0.05, 0) is 27.9 Å². The van der Waals surface area contributed by atoms with Gasteiger partial charge in [-0.15, -0.1) is 0 Å². The number of amides is 2. The van der Waals surface area contributed by atoms with Crippen molar-refractivity contribution >= 4 is 6.03 Å². The number of hydrogen-bond acceptors (Lipinski definition) is 2. The zero-order valence-corrected chi connectivity index (χ0v) is 9.40. The first kappa shape index (κ1) is 16.4. The number of hydrogen-bond donors (Lipinski definition) is 2. The van der Waals surface area contributed by atoms with Gasteiger partial charge in [0.2, 0.25) is 0 Å². The van der Waals surface area contributed by atoms with Crippen molar-refractivity contribution in [2.45, 2.75) is 20.1 Å². The van der Waals surface area contributed by atoms with Crippen molar-refractivity contribution in [2.75, 3.05) is 27.2 Å². The van der Waals surface area contributed by atoms with Crippen LogP contribution < -0.4 is 10.6 Å². The van der Waals surface area contributed by atoms with Gasteiger partial charge in [0.05, 0.1) is 0 Å². The summed E-state index contributed by atoms with van der Waals surface area (Å²) in [5, 5.41) is 3.66. The number of nitrogens with zero attached hydrogens (tertiary/aromatic N) is 1. The number of nitrogens with one attached hydrogen (secondary N) is 2. The molecule has 7 heteroatoms. The molecule has 2 amide bonds. The Morgan fingerprint density at radius 3 is 1.73 bits per heavy atom. The van der Waals surface area contributed by atoms with E-state index in [1.54, 1.807) is 13.8 Å². The quantitative estimate of drug-likeness (QED) is 0.703. The molecule has 2 N–H and O–H groups in total. The highest BCUT2D eigenvalue weighted by Crippen LogP contribution is 2.09. The lowest BCUT2D eigenvalue weighted by atomic mass is 10.5. The zero-order chi connectivity index (χ0) is 12.5. The Morgan fingerprint density at radius 2 is 1.53 bits per heavy atom. The Morgan fingerprint density at radius 1 is 1.20 bits per heavy atom. The summed E-state index contributed by atoms with van der Waals surface area (Å²) >= 11 is 0. The minimum atomic E-state index is -4.64. The smallest absolute Gasteiger partial charge is 0.325 e. The molecule has 0 fully saturated rings. The molecule has 0 saturated heterocycles. The van der Waals surface area contributed by atoms with E-state index in [1.807, 2.05) is 14.1 Å². The fraction of sp³-hybridized carbons (Fsp3) is 0.875. The van der Waals surface area contributed by atoms with E-state index in [2.05, 4.69) is 5.32 Å². The summed E-state index contributed by atoms with van der Waals surface area (Å²) in [6, 6.07) is -1.10. The second kappa shape index (κ2) is 8.34. The molecule has 0 aliphatic carbocycles. The molecule has 0 heterocycles. The summed E-state index contributed by atoms with van der Waals surface area (Å²) in [4.78, 5) is 11.8. The predicted molar refractivity (Wildman–Crippen MR) is 52.5 cm³/mol. The van der Waals surface area contributed by atoms with E-state index in [1.165, 1.54) is 0 Å². The predicted octanol–water partition coefficient (Wildman–Crippen LogP) is 1.39. The molecule has 0 atom stereocenters. The maximum absolute atomic E-state index is 11.6. The number of carbonyl (C=O) groups excluding carboxylic acids is 1. The van der Waals surface area contributed by atoms with Crippen LogP contribution in [0.15, 0.2) is 0 Å². The first-order valence-corrected chi connectivity index (χ1v) is 4.54. The van der Waals surface area contributed by atoms with Crippen LogP contribution in [0, 0.1) is 0 Å². The molecule has 0 bridgehead atoms. The molecule has 92 valence electrons. The van der Waals surface area contributed by atoms with Gasteiger partial charge in [-0.2, -0.15) is 13.2 Å². The third-order valence-electron chi connectivity index (χ3n) is 1.30. The fourth-order valence-electron chi connectivity index (χ4n) is 0.711. The van der Waals surface area contributed by atoms with Gasteiger partial charge < -0.3 is 10.2 Å². The van der Waals surface area contributed by atoms with Crippen LogP contribution in [-0.2, 0) is 0 Å². The van der Waals surface area contributed by atoms with Crippen molar-refractivity contribution in [3.8, 4) is 0 Å². The van der Waals surface area contributed by atoms with Gasteiger partial charge in [-0.3, -0.25) is 0 Å². The van der Waals surface area contributed by atoms with Crippen molar-refractivity contribution < 1.29 is 18.0 Å². The van der Waals surface area contributed by atoms with Crippen LogP contribution in [0.25, 0.3) is 0 Å². The summed E-state index contributed by atoms with van der Waals surface area (Å²) in [6.45, 7) is 3.75. The number of alkyl halides is 3. The molecular formula is C8H18F3N3O. The van der Waals surface area contributed by atoms with Crippen molar-refractivity contribution in [3.05, 3.63) is 0 Å². The summed E-state index contributed by atoms with van der Waals surface area (Å²) in [7, 11) is 3.75. The SMILES string of the molecule is CCN(CC)C(=O)NC(F)(F)F.CNC. The van der Waals surface area contributed by atoms with E-state index in [4.69, 9.17) is 0 Å². The van der Waals surface area contributed by atoms with Gasteiger partial charge in [0.1, 0.15) is 0 Å². The van der Waals surface area contributed by atoms with Gasteiger partial charge >= 0.3 is 12.3 Å². The highest BCUT2D eigenvalue weighted by atomic mass is 19.4. The minimum absolute atomic E-state index is 0.262. The summed E-state index contributed by atoms with van der Waals surface area (Å²) < 4.78 is 34.7. The van der Waals surface area contributed by atoms with Crippen LogP contribution >= 0.6 is 0 Å². The average Bonchev–Trinajstić information content (AvgIpc) is 2.04. The fourth-order valence-corrected chi connectivity index (χ4v) is 0.711. The maximum Gasteiger partial charge on any atom is 0.485 e. The van der Waals surface area contributed by atoms with Crippen LogP contribution in [0.3, 0.4) is 0 Å². The van der Waals surface area contributed by atoms with Gasteiger partial charge in [-0.1, -0.05) is 0 Å². The van der Waals surface area contributed by atoms with Crippen LogP contribution in [0.2, 0.25) is 0 Å². The lowest BCUT2D eigenvalue weighted by Gasteiger charge is -2.19. The van der Waals surface area contributed by atoms with E-state index in [0.717, 1.165) is 10.2 Å². The molecule has 0 unspecified atom stereocenters. The topological polar surface area (TPSA) is 44.4 Å². The number of rotatable bonds is 2. The molecule has 0 rings (SSSR count). The molecule has 0 aliphatic heterocycles. The highest BCUT2D eigenvalue weighted by molar-refractivity contribution is 5.74. The van der Waals surface area contributed by atoms with E-state index in [0.29, 0.717) is 0 Å². The summed E-state index contributed by atoms with van der Waals surface area (Å²) in [5.41, 5.74) is 0. The van der Waals surface area contributed by atoms with E-state index in [9.17, 15) is 18.0 Å². The van der Waals surface area contributed by atoms with Crippen molar-refractivity contribution in [3.63, 3.8) is 0 Å². The Bertz CT molecular complexity index is 169. The van der Waals surface area contributed by atoms with Crippen molar-refractivity contribution in [1.29, 1.82) is 0 Å². The van der Waals surface area contributed by atoms with Gasteiger partial charge in [0.25, 0.3) is 0 Å². The minimum Gasteiger partial charge on any atom is -0.325 e. The van der Waals surface area contributed by atoms with E-state index in [-0.39, 0.29) is 13.1 Å². The Labute approximate surface area is 87.8 Å². The Balaban J connectivity index is 0. The van der Waals surface area contributed by atoms with Crippen molar-refractivity contribution in [2.24, 2.45) is 0 Å². The molecule has 0 aromatic heterocycles. The Hall–Kier alpha value is -0.980. The maximum atomic E-state index is 11.6. The summed E-state index contributed by atoms with van der Waals surface area (Å²) in [6.07, 6.45) is -4.64. The lowest BCUT2D eigenvalue weighted by Crippen LogP contribution is -2.46. The molecule has 0 aliphatic rings. The average molecular weight is 229 g/mol. The molecule has 15 heavy (non-hydrogen) atoms. The van der Waals surface area contributed by atoms with Gasteiger partial charge in [0.15, 0.2) is 0 Å². The third-order valence-corrected chi connectivity index (χ3v) is 1.30. The molecule has 0 aromatic rings. The molecule has 0 aromatic carbocycles. The van der Waals surface area contributed by atoms with Crippen LogP contribution in [0.4, 0.5) is 18.0 Å². The second-order valence-electron chi connectivity index (χ2n) is 2.60.